The molecule has 142 valence electrons. The molecule has 4 rings (SSSR count). The summed E-state index contributed by atoms with van der Waals surface area (Å²) in [5.74, 6) is 1.83. The molecule has 1 aliphatic carbocycles. The van der Waals surface area contributed by atoms with Gasteiger partial charge in [-0.2, -0.15) is 4.98 Å². The van der Waals surface area contributed by atoms with Crippen molar-refractivity contribution in [2.45, 2.75) is 31.7 Å². The first-order chi connectivity index (χ1) is 13.4. The van der Waals surface area contributed by atoms with Crippen molar-refractivity contribution in [1.29, 1.82) is 0 Å². The van der Waals surface area contributed by atoms with E-state index in [9.17, 15) is 0 Å². The molecule has 2 fully saturated rings. The van der Waals surface area contributed by atoms with Gasteiger partial charge in [-0.25, -0.2) is 4.98 Å². The minimum atomic E-state index is 0.584. The Morgan fingerprint density at radius 3 is 2.56 bits per heavy atom. The van der Waals surface area contributed by atoms with E-state index in [0.29, 0.717) is 6.04 Å². The first-order valence-electron chi connectivity index (χ1n) is 10.2. The van der Waals surface area contributed by atoms with Crippen molar-refractivity contribution in [2.24, 2.45) is 0 Å². The lowest BCUT2D eigenvalue weighted by molar-refractivity contribution is 0.283. The maximum absolute atomic E-state index is 4.76. The smallest absolute Gasteiger partial charge is 0.227 e. The third-order valence-corrected chi connectivity index (χ3v) is 5.48. The van der Waals surface area contributed by atoms with Gasteiger partial charge >= 0.3 is 0 Å². The molecule has 0 unspecified atom stereocenters. The number of anilines is 2. The molecule has 2 heterocycles. The molecule has 2 aliphatic rings. The van der Waals surface area contributed by atoms with Gasteiger partial charge in [-0.3, -0.25) is 4.90 Å². The predicted octanol–water partition coefficient (Wildman–Crippen LogP) is 3.67. The molecule has 1 aliphatic heterocycles. The Morgan fingerprint density at radius 2 is 1.78 bits per heavy atom. The van der Waals surface area contributed by atoms with Crippen LogP contribution < -0.4 is 10.2 Å². The zero-order valence-corrected chi connectivity index (χ0v) is 15.9. The first kappa shape index (κ1) is 18.0. The second-order valence-corrected chi connectivity index (χ2v) is 7.47. The van der Waals surface area contributed by atoms with Gasteiger partial charge in [-0.05, 0) is 24.5 Å². The molecule has 2 aromatic rings. The summed E-state index contributed by atoms with van der Waals surface area (Å²) in [6, 6.07) is 13.1. The molecule has 0 amide bonds. The SMILES string of the molecule is C(=C\c1ccccc1)/CN1CCN(c2nccc(NC3CCCC3)n2)CC1. The number of aromatic nitrogens is 2. The molecule has 27 heavy (non-hydrogen) atoms. The zero-order chi connectivity index (χ0) is 18.3. The van der Waals surface area contributed by atoms with E-state index in [4.69, 9.17) is 4.98 Å². The van der Waals surface area contributed by atoms with Crippen LogP contribution in [0.2, 0.25) is 0 Å². The minimum absolute atomic E-state index is 0.584. The molecule has 1 aromatic heterocycles. The van der Waals surface area contributed by atoms with Gasteiger partial charge in [0.1, 0.15) is 5.82 Å². The predicted molar refractivity (Wildman–Crippen MR) is 112 cm³/mol. The zero-order valence-electron chi connectivity index (χ0n) is 15.9. The van der Waals surface area contributed by atoms with Crippen LogP contribution in [-0.2, 0) is 0 Å². The molecule has 5 nitrogen and oxygen atoms in total. The van der Waals surface area contributed by atoms with Crippen molar-refractivity contribution in [1.82, 2.24) is 14.9 Å². The number of benzene rings is 1. The van der Waals surface area contributed by atoms with Crippen molar-refractivity contribution in [3.05, 3.63) is 54.2 Å². The Kier molecular flexibility index (Phi) is 5.99. The molecule has 0 radical (unpaired) electrons. The average Bonchev–Trinajstić information content (AvgIpc) is 3.23. The van der Waals surface area contributed by atoms with Gasteiger partial charge in [0.15, 0.2) is 0 Å². The fraction of sp³-hybridized carbons (Fsp3) is 0.455. The summed E-state index contributed by atoms with van der Waals surface area (Å²) in [5.41, 5.74) is 1.26. The van der Waals surface area contributed by atoms with Gasteiger partial charge in [-0.15, -0.1) is 0 Å². The van der Waals surface area contributed by atoms with Crippen LogP contribution in [0, 0.1) is 0 Å². The lowest BCUT2D eigenvalue weighted by Crippen LogP contribution is -2.47. The Balaban J connectivity index is 1.27. The molecule has 0 bridgehead atoms. The molecule has 1 saturated heterocycles. The van der Waals surface area contributed by atoms with Crippen LogP contribution in [0.15, 0.2) is 48.7 Å². The summed E-state index contributed by atoms with van der Waals surface area (Å²) >= 11 is 0. The maximum Gasteiger partial charge on any atom is 0.227 e. The van der Waals surface area contributed by atoms with Gasteiger partial charge < -0.3 is 10.2 Å². The van der Waals surface area contributed by atoms with E-state index in [2.05, 4.69) is 62.6 Å². The van der Waals surface area contributed by atoms with Crippen molar-refractivity contribution in [3.63, 3.8) is 0 Å². The summed E-state index contributed by atoms with van der Waals surface area (Å²) in [4.78, 5) is 14.1. The van der Waals surface area contributed by atoms with Crippen molar-refractivity contribution in [3.8, 4) is 0 Å². The third-order valence-electron chi connectivity index (χ3n) is 5.48. The summed E-state index contributed by atoms with van der Waals surface area (Å²) in [7, 11) is 0. The third kappa shape index (κ3) is 5.07. The number of hydrogen-bond acceptors (Lipinski definition) is 5. The minimum Gasteiger partial charge on any atom is -0.367 e. The molecule has 1 aromatic carbocycles. The monoisotopic (exact) mass is 363 g/mol. The Morgan fingerprint density at radius 1 is 1.00 bits per heavy atom. The van der Waals surface area contributed by atoms with E-state index < -0.39 is 0 Å². The number of nitrogens with zero attached hydrogens (tertiary/aromatic N) is 4. The lowest BCUT2D eigenvalue weighted by atomic mass is 10.2. The second-order valence-electron chi connectivity index (χ2n) is 7.47. The van der Waals surface area contributed by atoms with Crippen LogP contribution in [0.3, 0.4) is 0 Å². The quantitative estimate of drug-likeness (QED) is 0.848. The van der Waals surface area contributed by atoms with E-state index >= 15 is 0 Å². The Hall–Kier alpha value is -2.40. The molecule has 1 saturated carbocycles. The van der Waals surface area contributed by atoms with E-state index in [1.807, 2.05) is 12.3 Å². The van der Waals surface area contributed by atoms with E-state index in [-0.39, 0.29) is 0 Å². The standard InChI is InChI=1S/C22H29N5/c1-2-7-19(8-3-1)9-6-14-26-15-17-27(18-16-26)22-23-13-12-21(25-22)24-20-10-4-5-11-20/h1-3,6-9,12-13,20H,4-5,10-11,14-18H2,(H,23,24,25)/b9-6+. The molecule has 1 N–H and O–H groups in total. The fourth-order valence-corrected chi connectivity index (χ4v) is 3.89. The van der Waals surface area contributed by atoms with Crippen LogP contribution in [0.1, 0.15) is 31.2 Å². The van der Waals surface area contributed by atoms with Crippen molar-refractivity contribution >= 4 is 17.8 Å². The molecular weight excluding hydrogens is 334 g/mol. The van der Waals surface area contributed by atoms with E-state index in [1.165, 1.54) is 31.2 Å². The van der Waals surface area contributed by atoms with Gasteiger partial charge in [-0.1, -0.05) is 55.3 Å². The molecular formula is C22H29N5. The lowest BCUT2D eigenvalue weighted by Gasteiger charge is -2.34. The highest BCUT2D eigenvalue weighted by molar-refractivity contribution is 5.48. The Labute approximate surface area is 162 Å². The molecule has 0 spiro atoms. The van der Waals surface area contributed by atoms with Gasteiger partial charge in [0.2, 0.25) is 5.95 Å². The van der Waals surface area contributed by atoms with Crippen LogP contribution in [-0.4, -0.2) is 53.6 Å². The van der Waals surface area contributed by atoms with Crippen molar-refractivity contribution in [2.75, 3.05) is 42.9 Å². The Bertz CT molecular complexity index is 731. The summed E-state index contributed by atoms with van der Waals surface area (Å²) < 4.78 is 0. The number of nitrogens with one attached hydrogen (secondary N) is 1. The van der Waals surface area contributed by atoms with Crippen LogP contribution in [0.25, 0.3) is 6.08 Å². The summed E-state index contributed by atoms with van der Waals surface area (Å²) in [5, 5.41) is 3.58. The molecule has 0 atom stereocenters. The van der Waals surface area contributed by atoms with E-state index in [1.54, 1.807) is 0 Å². The molecule has 5 heteroatoms. The topological polar surface area (TPSA) is 44.3 Å². The second kappa shape index (κ2) is 9.00. The highest BCUT2D eigenvalue weighted by atomic mass is 15.3. The highest BCUT2D eigenvalue weighted by Gasteiger charge is 2.19. The van der Waals surface area contributed by atoms with Crippen LogP contribution in [0.4, 0.5) is 11.8 Å². The highest BCUT2D eigenvalue weighted by Crippen LogP contribution is 2.22. The van der Waals surface area contributed by atoms with Gasteiger partial charge in [0.05, 0.1) is 0 Å². The largest absolute Gasteiger partial charge is 0.367 e. The first-order valence-corrected chi connectivity index (χ1v) is 10.2. The van der Waals surface area contributed by atoms with Crippen LogP contribution >= 0.6 is 0 Å². The maximum atomic E-state index is 4.76. The van der Waals surface area contributed by atoms with Crippen LogP contribution in [0.5, 0.6) is 0 Å². The number of rotatable bonds is 6. The van der Waals surface area contributed by atoms with Crippen molar-refractivity contribution < 1.29 is 0 Å². The number of piperazine rings is 1. The number of hydrogen-bond donors (Lipinski definition) is 1. The fourth-order valence-electron chi connectivity index (χ4n) is 3.89. The van der Waals surface area contributed by atoms with E-state index in [0.717, 1.165) is 44.5 Å². The normalized spacial score (nSPS) is 19.0. The summed E-state index contributed by atoms with van der Waals surface area (Å²) in [6.07, 6.45) is 11.5. The average molecular weight is 364 g/mol. The van der Waals surface area contributed by atoms with Gasteiger partial charge in [0, 0.05) is 45.0 Å². The van der Waals surface area contributed by atoms with Gasteiger partial charge in [0.25, 0.3) is 0 Å². The summed E-state index contributed by atoms with van der Waals surface area (Å²) in [6.45, 7) is 5.04.